The molecule has 0 bridgehead atoms. The quantitative estimate of drug-likeness (QED) is 0.811. The van der Waals surface area contributed by atoms with Gasteiger partial charge < -0.3 is 19.7 Å². The zero-order valence-electron chi connectivity index (χ0n) is 14.6. The highest BCUT2D eigenvalue weighted by atomic mass is 16.5. The largest absolute Gasteiger partial charge is 0.494 e. The highest BCUT2D eigenvalue weighted by Gasteiger charge is 2.38. The lowest BCUT2D eigenvalue weighted by Gasteiger charge is -2.16. The lowest BCUT2D eigenvalue weighted by atomic mass is 9.96. The van der Waals surface area contributed by atoms with E-state index in [1.54, 1.807) is 19.1 Å². The second kappa shape index (κ2) is 8.68. The number of nitrogens with zero attached hydrogens (tertiary/aromatic N) is 1. The number of amides is 2. The van der Waals surface area contributed by atoms with Crippen LogP contribution in [0.25, 0.3) is 0 Å². The Balaban J connectivity index is 1.97. The Kier molecular flexibility index (Phi) is 6.61. The summed E-state index contributed by atoms with van der Waals surface area (Å²) < 4.78 is 10.6. The van der Waals surface area contributed by atoms with Gasteiger partial charge in [-0.15, -0.1) is 0 Å². The summed E-state index contributed by atoms with van der Waals surface area (Å²) in [7, 11) is 3.24. The molecule has 1 N–H and O–H groups in total. The number of likely N-dealkylation sites (tertiary alicyclic amines) is 1. The molecule has 2 amide bonds. The highest BCUT2D eigenvalue weighted by Crippen LogP contribution is 2.25. The molecule has 2 atom stereocenters. The molecular formula is C18H26N2O4. The van der Waals surface area contributed by atoms with Crippen molar-refractivity contribution in [2.75, 3.05) is 40.5 Å². The Bertz CT molecular complexity index is 559. The maximum absolute atomic E-state index is 12.6. The molecule has 1 aliphatic rings. The number of rotatable bonds is 7. The first-order chi connectivity index (χ1) is 11.6. The third-order valence-electron chi connectivity index (χ3n) is 4.35. The number of benzene rings is 1. The van der Waals surface area contributed by atoms with Crippen molar-refractivity contribution >= 4 is 11.8 Å². The van der Waals surface area contributed by atoms with E-state index < -0.39 is 0 Å². The molecule has 0 radical (unpaired) electrons. The van der Waals surface area contributed by atoms with Crippen molar-refractivity contribution in [3.8, 4) is 5.75 Å². The van der Waals surface area contributed by atoms with Gasteiger partial charge in [-0.2, -0.15) is 0 Å². The predicted octanol–water partition coefficient (Wildman–Crippen LogP) is 1.09. The average Bonchev–Trinajstić information content (AvgIpc) is 3.01. The molecular weight excluding hydrogens is 308 g/mol. The molecule has 24 heavy (non-hydrogen) atoms. The zero-order valence-corrected chi connectivity index (χ0v) is 14.6. The Hall–Kier alpha value is -2.08. The monoisotopic (exact) mass is 334 g/mol. The van der Waals surface area contributed by atoms with Gasteiger partial charge in [-0.05, 0) is 24.6 Å². The molecule has 0 saturated carbocycles. The van der Waals surface area contributed by atoms with E-state index in [-0.39, 0.29) is 23.7 Å². The van der Waals surface area contributed by atoms with E-state index in [4.69, 9.17) is 9.47 Å². The van der Waals surface area contributed by atoms with Crippen molar-refractivity contribution in [1.82, 2.24) is 10.2 Å². The van der Waals surface area contributed by atoms with Crippen molar-refractivity contribution in [2.24, 2.45) is 11.8 Å². The van der Waals surface area contributed by atoms with Crippen LogP contribution in [-0.4, -0.2) is 57.2 Å². The first-order valence-corrected chi connectivity index (χ1v) is 8.29. The minimum atomic E-state index is -0.209. The summed E-state index contributed by atoms with van der Waals surface area (Å²) in [5.74, 6) is 0.633. The number of nitrogens with one attached hydrogen (secondary N) is 1. The van der Waals surface area contributed by atoms with Crippen molar-refractivity contribution < 1.29 is 19.1 Å². The predicted molar refractivity (Wildman–Crippen MR) is 90.8 cm³/mol. The SMILES string of the molecule is CCOc1ccc(CC(=O)N2C[C@@H](COC)[C@H](C(=O)NC)C2)cc1. The van der Waals surface area contributed by atoms with E-state index >= 15 is 0 Å². The fourth-order valence-electron chi connectivity index (χ4n) is 3.10. The average molecular weight is 334 g/mol. The molecule has 1 fully saturated rings. The van der Waals surface area contributed by atoms with Crippen LogP contribution in [0, 0.1) is 11.8 Å². The zero-order chi connectivity index (χ0) is 17.5. The van der Waals surface area contributed by atoms with Crippen LogP contribution < -0.4 is 10.1 Å². The Morgan fingerprint density at radius 3 is 2.54 bits per heavy atom. The number of ether oxygens (including phenoxy) is 2. The fraction of sp³-hybridized carbons (Fsp3) is 0.556. The summed E-state index contributed by atoms with van der Waals surface area (Å²) in [4.78, 5) is 26.3. The maximum Gasteiger partial charge on any atom is 0.227 e. The molecule has 0 unspecified atom stereocenters. The summed E-state index contributed by atoms with van der Waals surface area (Å²) in [5.41, 5.74) is 0.940. The van der Waals surface area contributed by atoms with Gasteiger partial charge in [0.05, 0.1) is 25.6 Å². The second-order valence-electron chi connectivity index (χ2n) is 5.99. The van der Waals surface area contributed by atoms with Crippen molar-refractivity contribution in [2.45, 2.75) is 13.3 Å². The van der Waals surface area contributed by atoms with Crippen LogP contribution in [0.15, 0.2) is 24.3 Å². The first kappa shape index (κ1) is 18.3. The van der Waals surface area contributed by atoms with Gasteiger partial charge in [-0.25, -0.2) is 0 Å². The maximum atomic E-state index is 12.6. The molecule has 0 aliphatic carbocycles. The second-order valence-corrected chi connectivity index (χ2v) is 5.99. The van der Waals surface area contributed by atoms with E-state index in [2.05, 4.69) is 5.32 Å². The van der Waals surface area contributed by atoms with Crippen molar-refractivity contribution in [1.29, 1.82) is 0 Å². The molecule has 0 aromatic heterocycles. The summed E-state index contributed by atoms with van der Waals surface area (Å²) in [5, 5.41) is 2.68. The van der Waals surface area contributed by atoms with Gasteiger partial charge in [-0.1, -0.05) is 12.1 Å². The number of hydrogen-bond donors (Lipinski definition) is 1. The lowest BCUT2D eigenvalue weighted by Crippen LogP contribution is -2.35. The van der Waals surface area contributed by atoms with Gasteiger partial charge in [0.25, 0.3) is 0 Å². The van der Waals surface area contributed by atoms with Gasteiger partial charge >= 0.3 is 0 Å². The van der Waals surface area contributed by atoms with Crippen LogP contribution in [-0.2, 0) is 20.7 Å². The number of carbonyl (C=O) groups excluding carboxylic acids is 2. The van der Waals surface area contributed by atoms with E-state index in [9.17, 15) is 9.59 Å². The molecule has 0 spiro atoms. The molecule has 1 aliphatic heterocycles. The fourth-order valence-corrected chi connectivity index (χ4v) is 3.10. The van der Waals surface area contributed by atoms with Crippen molar-refractivity contribution in [3.63, 3.8) is 0 Å². The normalized spacial score (nSPS) is 20.0. The highest BCUT2D eigenvalue weighted by molar-refractivity contribution is 5.83. The summed E-state index contributed by atoms with van der Waals surface area (Å²) in [6.45, 7) is 4.04. The van der Waals surface area contributed by atoms with Crippen LogP contribution in [0.2, 0.25) is 0 Å². The van der Waals surface area contributed by atoms with Crippen LogP contribution in [0.3, 0.4) is 0 Å². The molecule has 1 aromatic carbocycles. The standard InChI is InChI=1S/C18H26N2O4/c1-4-24-15-7-5-13(6-8-15)9-17(21)20-10-14(12-23-3)16(11-20)18(22)19-2/h5-8,14,16H,4,9-12H2,1-3H3,(H,19,22)/t14-,16+/m0/s1. The molecule has 132 valence electrons. The van der Waals surface area contributed by atoms with Crippen LogP contribution in [0.5, 0.6) is 5.75 Å². The Morgan fingerprint density at radius 1 is 1.25 bits per heavy atom. The molecule has 1 aromatic rings. The Morgan fingerprint density at radius 2 is 1.96 bits per heavy atom. The van der Waals surface area contributed by atoms with Crippen molar-refractivity contribution in [3.05, 3.63) is 29.8 Å². The third-order valence-corrected chi connectivity index (χ3v) is 4.35. The van der Waals surface area contributed by atoms with Crippen LogP contribution in [0.4, 0.5) is 0 Å². The van der Waals surface area contributed by atoms with Crippen LogP contribution >= 0.6 is 0 Å². The van der Waals surface area contributed by atoms with Gasteiger partial charge in [0.2, 0.25) is 11.8 Å². The molecule has 2 rings (SSSR count). The third kappa shape index (κ3) is 4.47. The topological polar surface area (TPSA) is 67.9 Å². The smallest absolute Gasteiger partial charge is 0.227 e. The van der Waals surface area contributed by atoms with E-state index in [0.717, 1.165) is 11.3 Å². The first-order valence-electron chi connectivity index (χ1n) is 8.29. The van der Waals surface area contributed by atoms with E-state index in [1.807, 2.05) is 31.2 Å². The molecule has 1 heterocycles. The summed E-state index contributed by atoms with van der Waals surface area (Å²) >= 11 is 0. The number of carbonyl (C=O) groups is 2. The number of methoxy groups -OCH3 is 1. The van der Waals surface area contributed by atoms with Gasteiger partial charge in [-0.3, -0.25) is 9.59 Å². The van der Waals surface area contributed by atoms with Gasteiger partial charge in [0.15, 0.2) is 0 Å². The van der Waals surface area contributed by atoms with Gasteiger partial charge in [0.1, 0.15) is 5.75 Å². The summed E-state index contributed by atoms with van der Waals surface area (Å²) in [6, 6.07) is 7.55. The summed E-state index contributed by atoms with van der Waals surface area (Å²) in [6.07, 6.45) is 0.326. The minimum absolute atomic E-state index is 0.0339. The Labute approximate surface area is 143 Å². The number of hydrogen-bond acceptors (Lipinski definition) is 4. The molecule has 6 heteroatoms. The van der Waals surface area contributed by atoms with E-state index in [1.165, 1.54) is 0 Å². The molecule has 1 saturated heterocycles. The van der Waals surface area contributed by atoms with Gasteiger partial charge in [0, 0.05) is 33.2 Å². The van der Waals surface area contributed by atoms with E-state index in [0.29, 0.717) is 32.7 Å². The molecule has 6 nitrogen and oxygen atoms in total. The minimum Gasteiger partial charge on any atom is -0.494 e. The lowest BCUT2D eigenvalue weighted by molar-refractivity contribution is -0.130. The van der Waals surface area contributed by atoms with Crippen LogP contribution in [0.1, 0.15) is 12.5 Å².